The zero-order valence-electron chi connectivity index (χ0n) is 13.3. The summed E-state index contributed by atoms with van der Waals surface area (Å²) in [5.41, 5.74) is 1.06. The molecule has 0 aliphatic carbocycles. The Morgan fingerprint density at radius 3 is 2.57 bits per heavy atom. The van der Waals surface area contributed by atoms with Gasteiger partial charge in [0.25, 0.3) is 0 Å². The smallest absolute Gasteiger partial charge is 0.311 e. The van der Waals surface area contributed by atoms with Crippen LogP contribution >= 0.6 is 0 Å². The first kappa shape index (κ1) is 17.4. The summed E-state index contributed by atoms with van der Waals surface area (Å²) >= 11 is 0. The van der Waals surface area contributed by atoms with Crippen molar-refractivity contribution in [2.24, 2.45) is 5.92 Å². The molecule has 0 fully saturated rings. The molecule has 1 heterocycles. The van der Waals surface area contributed by atoms with Gasteiger partial charge in [0.1, 0.15) is 11.9 Å². The maximum atomic E-state index is 12.7. The highest BCUT2D eigenvalue weighted by Gasteiger charge is 2.30. The van der Waals surface area contributed by atoms with E-state index in [0.29, 0.717) is 9.79 Å². The van der Waals surface area contributed by atoms with Crippen LogP contribution in [0.25, 0.3) is 0 Å². The highest BCUT2D eigenvalue weighted by molar-refractivity contribution is 7.85. The van der Waals surface area contributed by atoms with Crippen molar-refractivity contribution in [3.63, 3.8) is 0 Å². The number of aliphatic hydroxyl groups excluding tert-OH is 1. The molecular weight excluding hydrogens is 316 g/mol. The predicted octanol–water partition coefficient (Wildman–Crippen LogP) is 2.99. The van der Waals surface area contributed by atoms with Gasteiger partial charge < -0.3 is 14.3 Å². The molecule has 0 unspecified atom stereocenters. The van der Waals surface area contributed by atoms with Crippen molar-refractivity contribution in [3.05, 3.63) is 47.9 Å². The number of ether oxygens (including phenoxy) is 1. The van der Waals surface area contributed by atoms with Gasteiger partial charge in [-0.15, -0.1) is 0 Å². The quantitative estimate of drug-likeness (QED) is 0.821. The molecule has 0 bridgehead atoms. The van der Waals surface area contributed by atoms with Crippen LogP contribution in [0.4, 0.5) is 0 Å². The highest BCUT2D eigenvalue weighted by atomic mass is 32.2. The van der Waals surface area contributed by atoms with Crippen LogP contribution in [0, 0.1) is 12.8 Å². The standard InChI is InChI=1S/C17H20O5S/c1-4-21-17(19)12(3)15(18)16-14(9-10-22-16)23(20)13-7-5-11(2)6-8-13/h5-10,12,15,18H,4H2,1-3H3/t12-,15-,23-/m0/s1. The van der Waals surface area contributed by atoms with Crippen LogP contribution < -0.4 is 0 Å². The van der Waals surface area contributed by atoms with E-state index in [1.54, 1.807) is 32.0 Å². The molecule has 124 valence electrons. The summed E-state index contributed by atoms with van der Waals surface area (Å²) in [5, 5.41) is 10.4. The number of carbonyl (C=O) groups excluding carboxylic acids is 1. The van der Waals surface area contributed by atoms with Gasteiger partial charge >= 0.3 is 5.97 Å². The second kappa shape index (κ2) is 7.57. The Hall–Kier alpha value is -1.92. The summed E-state index contributed by atoms with van der Waals surface area (Å²) in [6, 6.07) is 8.81. The van der Waals surface area contributed by atoms with Crippen molar-refractivity contribution >= 4 is 16.8 Å². The summed E-state index contributed by atoms with van der Waals surface area (Å²) in [7, 11) is -1.50. The van der Waals surface area contributed by atoms with E-state index >= 15 is 0 Å². The van der Waals surface area contributed by atoms with Crippen LogP contribution in [-0.4, -0.2) is 21.9 Å². The van der Waals surface area contributed by atoms with Crippen molar-refractivity contribution in [3.8, 4) is 0 Å². The van der Waals surface area contributed by atoms with Crippen LogP contribution in [0.1, 0.15) is 31.3 Å². The highest BCUT2D eigenvalue weighted by Crippen LogP contribution is 2.31. The topological polar surface area (TPSA) is 76.7 Å². The number of carbonyl (C=O) groups is 1. The van der Waals surface area contributed by atoms with E-state index < -0.39 is 28.8 Å². The average Bonchev–Trinajstić information content (AvgIpc) is 3.03. The first-order valence-corrected chi connectivity index (χ1v) is 8.51. The number of benzene rings is 1. The monoisotopic (exact) mass is 336 g/mol. The molecule has 0 radical (unpaired) electrons. The van der Waals surface area contributed by atoms with E-state index in [1.165, 1.54) is 6.26 Å². The van der Waals surface area contributed by atoms with E-state index in [9.17, 15) is 14.1 Å². The summed E-state index contributed by atoms with van der Waals surface area (Å²) in [6.45, 7) is 5.42. The Kier molecular flexibility index (Phi) is 5.74. The van der Waals surface area contributed by atoms with E-state index in [4.69, 9.17) is 9.15 Å². The van der Waals surface area contributed by atoms with Gasteiger partial charge in [0.05, 0.1) is 34.5 Å². The molecule has 3 atom stereocenters. The molecule has 0 aliphatic heterocycles. The van der Waals surface area contributed by atoms with Gasteiger partial charge in [-0.3, -0.25) is 4.79 Å². The zero-order chi connectivity index (χ0) is 17.0. The Morgan fingerprint density at radius 1 is 1.30 bits per heavy atom. The van der Waals surface area contributed by atoms with Crippen LogP contribution in [-0.2, 0) is 20.3 Å². The first-order valence-electron chi connectivity index (χ1n) is 7.36. The van der Waals surface area contributed by atoms with Crippen LogP contribution in [0.3, 0.4) is 0 Å². The minimum absolute atomic E-state index is 0.129. The Morgan fingerprint density at radius 2 is 1.96 bits per heavy atom. The second-order valence-electron chi connectivity index (χ2n) is 5.22. The molecule has 0 aliphatic rings. The van der Waals surface area contributed by atoms with Crippen molar-refractivity contribution in [2.75, 3.05) is 6.61 Å². The summed E-state index contributed by atoms with van der Waals surface area (Å²) in [6.07, 6.45) is 0.145. The van der Waals surface area contributed by atoms with Gasteiger partial charge in [-0.2, -0.15) is 0 Å². The van der Waals surface area contributed by atoms with E-state index in [2.05, 4.69) is 0 Å². The normalized spacial score (nSPS) is 15.0. The number of aryl methyl sites for hydroxylation is 1. The van der Waals surface area contributed by atoms with Gasteiger partial charge in [-0.05, 0) is 39.0 Å². The predicted molar refractivity (Wildman–Crippen MR) is 85.3 cm³/mol. The minimum Gasteiger partial charge on any atom is -0.466 e. The molecule has 2 aromatic rings. The lowest BCUT2D eigenvalue weighted by molar-refractivity contribution is -0.151. The summed E-state index contributed by atoms with van der Waals surface area (Å²) in [5.74, 6) is -1.21. The Balaban J connectivity index is 2.26. The number of esters is 1. The van der Waals surface area contributed by atoms with E-state index in [-0.39, 0.29) is 12.4 Å². The third kappa shape index (κ3) is 3.89. The third-order valence-corrected chi connectivity index (χ3v) is 4.93. The van der Waals surface area contributed by atoms with E-state index in [0.717, 1.165) is 5.56 Å². The number of furan rings is 1. The number of aliphatic hydroxyl groups is 1. The number of hydrogen-bond donors (Lipinski definition) is 1. The molecule has 0 saturated carbocycles. The SMILES string of the molecule is CCOC(=O)[C@@H](C)[C@H](O)c1occc1[S@@](=O)c1ccc(C)cc1. The lowest BCUT2D eigenvalue weighted by Crippen LogP contribution is -2.22. The molecule has 6 heteroatoms. The Bertz CT molecular complexity index is 689. The summed E-state index contributed by atoms with van der Waals surface area (Å²) in [4.78, 5) is 12.7. The Labute approximate surface area is 137 Å². The lowest BCUT2D eigenvalue weighted by Gasteiger charge is -2.16. The molecule has 1 N–H and O–H groups in total. The van der Waals surface area contributed by atoms with Crippen molar-refractivity contribution in [1.29, 1.82) is 0 Å². The molecule has 0 spiro atoms. The minimum atomic E-state index is -1.50. The fourth-order valence-electron chi connectivity index (χ4n) is 2.10. The van der Waals surface area contributed by atoms with Gasteiger partial charge in [0.15, 0.2) is 0 Å². The fraction of sp³-hybridized carbons (Fsp3) is 0.353. The van der Waals surface area contributed by atoms with Gasteiger partial charge in [-0.25, -0.2) is 4.21 Å². The maximum absolute atomic E-state index is 12.7. The molecule has 1 aromatic heterocycles. The molecule has 0 saturated heterocycles. The lowest BCUT2D eigenvalue weighted by atomic mass is 10.0. The molecule has 2 rings (SSSR count). The summed E-state index contributed by atoms with van der Waals surface area (Å²) < 4.78 is 22.9. The third-order valence-electron chi connectivity index (χ3n) is 3.49. The van der Waals surface area contributed by atoms with E-state index in [1.807, 2.05) is 19.1 Å². The molecule has 0 amide bonds. The molecule has 1 aromatic carbocycles. The van der Waals surface area contributed by atoms with Gasteiger partial charge in [0, 0.05) is 4.90 Å². The fourth-order valence-corrected chi connectivity index (χ4v) is 3.26. The largest absolute Gasteiger partial charge is 0.466 e. The molecule has 5 nitrogen and oxygen atoms in total. The van der Waals surface area contributed by atoms with Crippen LogP contribution in [0.15, 0.2) is 50.8 Å². The zero-order valence-corrected chi connectivity index (χ0v) is 14.1. The van der Waals surface area contributed by atoms with Crippen LogP contribution in [0.2, 0.25) is 0 Å². The van der Waals surface area contributed by atoms with Crippen LogP contribution in [0.5, 0.6) is 0 Å². The number of hydrogen-bond acceptors (Lipinski definition) is 5. The molecular formula is C17H20O5S. The van der Waals surface area contributed by atoms with Gasteiger partial charge in [0.2, 0.25) is 0 Å². The second-order valence-corrected chi connectivity index (χ2v) is 6.67. The molecule has 23 heavy (non-hydrogen) atoms. The van der Waals surface area contributed by atoms with Crippen molar-refractivity contribution in [2.45, 2.75) is 36.7 Å². The van der Waals surface area contributed by atoms with Crippen molar-refractivity contribution in [1.82, 2.24) is 0 Å². The average molecular weight is 336 g/mol. The van der Waals surface area contributed by atoms with Gasteiger partial charge in [-0.1, -0.05) is 17.7 Å². The number of rotatable bonds is 6. The first-order chi connectivity index (χ1) is 11.0. The maximum Gasteiger partial charge on any atom is 0.311 e. The van der Waals surface area contributed by atoms with Crippen molar-refractivity contribution < 1.29 is 23.3 Å².